The fourth-order valence-corrected chi connectivity index (χ4v) is 1.71. The Hall–Kier alpha value is -2.63. The normalized spacial score (nSPS) is 10.2. The van der Waals surface area contributed by atoms with Crippen molar-refractivity contribution in [1.82, 2.24) is 9.78 Å². The first kappa shape index (κ1) is 12.8. The van der Waals surface area contributed by atoms with Crippen LogP contribution in [0.1, 0.15) is 26.5 Å². The quantitative estimate of drug-likeness (QED) is 0.878. The number of carbonyl (C=O) groups is 2. The van der Waals surface area contributed by atoms with Gasteiger partial charge < -0.3 is 10.4 Å². The zero-order valence-corrected chi connectivity index (χ0v) is 10.5. The maximum absolute atomic E-state index is 12.0. The maximum Gasteiger partial charge on any atom is 0.335 e. The van der Waals surface area contributed by atoms with Gasteiger partial charge in [-0.15, -0.1) is 0 Å². The van der Waals surface area contributed by atoms with Crippen LogP contribution in [0.4, 0.5) is 5.69 Å². The molecule has 1 aromatic carbocycles. The molecule has 0 saturated heterocycles. The van der Waals surface area contributed by atoms with E-state index in [0.29, 0.717) is 11.4 Å². The Labute approximate surface area is 109 Å². The summed E-state index contributed by atoms with van der Waals surface area (Å²) in [6.07, 6.45) is 0. The molecular formula is C13H13N3O3. The van der Waals surface area contributed by atoms with Crippen LogP contribution in [-0.2, 0) is 7.05 Å². The van der Waals surface area contributed by atoms with Crippen molar-refractivity contribution in [3.8, 4) is 0 Å². The first-order valence-electron chi connectivity index (χ1n) is 5.62. The minimum Gasteiger partial charge on any atom is -0.478 e. The lowest BCUT2D eigenvalue weighted by Gasteiger charge is -2.05. The molecule has 0 saturated carbocycles. The molecule has 6 heteroatoms. The second-order valence-electron chi connectivity index (χ2n) is 4.13. The molecule has 1 heterocycles. The van der Waals surface area contributed by atoms with Crippen LogP contribution in [0.5, 0.6) is 0 Å². The second-order valence-corrected chi connectivity index (χ2v) is 4.13. The van der Waals surface area contributed by atoms with Gasteiger partial charge in [-0.3, -0.25) is 9.48 Å². The first-order valence-corrected chi connectivity index (χ1v) is 5.62. The van der Waals surface area contributed by atoms with Gasteiger partial charge in [0.15, 0.2) is 0 Å². The molecule has 2 rings (SSSR count). The highest BCUT2D eigenvalue weighted by atomic mass is 16.4. The summed E-state index contributed by atoms with van der Waals surface area (Å²) in [5.74, 6) is -1.29. The molecule has 0 aliphatic rings. The van der Waals surface area contributed by atoms with Crippen molar-refractivity contribution in [3.05, 3.63) is 47.3 Å². The van der Waals surface area contributed by atoms with Gasteiger partial charge in [-0.25, -0.2) is 4.79 Å². The number of carboxylic acid groups (broad SMARTS) is 1. The molecule has 2 aromatic rings. The lowest BCUT2D eigenvalue weighted by Crippen LogP contribution is -2.16. The summed E-state index contributed by atoms with van der Waals surface area (Å²) in [7, 11) is 1.69. The fourth-order valence-electron chi connectivity index (χ4n) is 1.71. The summed E-state index contributed by atoms with van der Waals surface area (Å²) >= 11 is 0. The Kier molecular flexibility index (Phi) is 3.33. The molecular weight excluding hydrogens is 246 g/mol. The molecule has 0 atom stereocenters. The number of carboxylic acids is 1. The van der Waals surface area contributed by atoms with E-state index in [9.17, 15) is 9.59 Å². The zero-order chi connectivity index (χ0) is 14.0. The molecule has 0 radical (unpaired) electrons. The monoisotopic (exact) mass is 259 g/mol. The van der Waals surface area contributed by atoms with Gasteiger partial charge in [0.25, 0.3) is 5.91 Å². The van der Waals surface area contributed by atoms with Crippen LogP contribution in [0.15, 0.2) is 30.3 Å². The van der Waals surface area contributed by atoms with E-state index >= 15 is 0 Å². The number of nitrogens with one attached hydrogen (secondary N) is 1. The zero-order valence-electron chi connectivity index (χ0n) is 10.5. The Morgan fingerprint density at radius 3 is 2.37 bits per heavy atom. The van der Waals surface area contributed by atoms with Gasteiger partial charge in [-0.1, -0.05) is 0 Å². The molecule has 98 valence electrons. The Morgan fingerprint density at radius 1 is 1.26 bits per heavy atom. The molecule has 0 aliphatic heterocycles. The summed E-state index contributed by atoms with van der Waals surface area (Å²) in [6, 6.07) is 7.65. The smallest absolute Gasteiger partial charge is 0.335 e. The van der Waals surface area contributed by atoms with E-state index in [4.69, 9.17) is 5.11 Å². The Balaban J connectivity index is 2.15. The largest absolute Gasteiger partial charge is 0.478 e. The van der Waals surface area contributed by atoms with Crippen LogP contribution in [0, 0.1) is 6.92 Å². The number of nitrogens with zero attached hydrogens (tertiary/aromatic N) is 2. The third-order valence-electron chi connectivity index (χ3n) is 2.62. The van der Waals surface area contributed by atoms with E-state index in [-0.39, 0.29) is 11.5 Å². The predicted octanol–water partition coefficient (Wildman–Crippen LogP) is 1.68. The molecule has 0 unspecified atom stereocenters. The van der Waals surface area contributed by atoms with Crippen LogP contribution in [0.2, 0.25) is 0 Å². The van der Waals surface area contributed by atoms with Crippen LogP contribution in [0.3, 0.4) is 0 Å². The number of aromatic nitrogens is 2. The molecule has 1 aromatic heterocycles. The van der Waals surface area contributed by atoms with E-state index in [0.717, 1.165) is 5.69 Å². The minimum atomic E-state index is -1.000. The van der Waals surface area contributed by atoms with Crippen molar-refractivity contribution in [3.63, 3.8) is 0 Å². The number of amides is 1. The van der Waals surface area contributed by atoms with E-state index in [1.54, 1.807) is 32.2 Å². The standard InChI is InChI=1S/C13H13N3O3/c1-8-7-11(16(2)15-8)12(17)14-10-5-3-9(4-6-10)13(18)19/h3-7H,1-2H3,(H,14,17)(H,18,19). The van der Waals surface area contributed by atoms with Crippen LogP contribution in [0.25, 0.3) is 0 Å². The average molecular weight is 259 g/mol. The van der Waals surface area contributed by atoms with Crippen LogP contribution in [-0.4, -0.2) is 26.8 Å². The average Bonchev–Trinajstić information content (AvgIpc) is 2.69. The molecule has 0 spiro atoms. The minimum absolute atomic E-state index is 0.175. The van der Waals surface area contributed by atoms with E-state index in [1.165, 1.54) is 16.8 Å². The molecule has 2 N–H and O–H groups in total. The third-order valence-corrected chi connectivity index (χ3v) is 2.62. The van der Waals surface area contributed by atoms with Gasteiger partial charge in [0.2, 0.25) is 0 Å². The number of hydrogen-bond donors (Lipinski definition) is 2. The number of aryl methyl sites for hydroxylation is 2. The summed E-state index contributed by atoms with van der Waals surface area (Å²) < 4.78 is 1.50. The maximum atomic E-state index is 12.0. The topological polar surface area (TPSA) is 84.2 Å². The fraction of sp³-hybridized carbons (Fsp3) is 0.154. The summed E-state index contributed by atoms with van der Waals surface area (Å²) in [5, 5.41) is 15.6. The van der Waals surface area contributed by atoms with Crippen molar-refractivity contribution >= 4 is 17.6 Å². The van der Waals surface area contributed by atoms with Crippen molar-refractivity contribution in [2.45, 2.75) is 6.92 Å². The number of rotatable bonds is 3. The molecule has 0 aliphatic carbocycles. The predicted molar refractivity (Wildman–Crippen MR) is 69.3 cm³/mol. The van der Waals surface area contributed by atoms with E-state index < -0.39 is 5.97 Å². The summed E-state index contributed by atoms with van der Waals surface area (Å²) in [4.78, 5) is 22.7. The summed E-state index contributed by atoms with van der Waals surface area (Å²) in [6.45, 7) is 1.80. The number of anilines is 1. The SMILES string of the molecule is Cc1cc(C(=O)Nc2ccc(C(=O)O)cc2)n(C)n1. The molecule has 0 bridgehead atoms. The number of carbonyl (C=O) groups excluding carboxylic acids is 1. The van der Waals surface area contributed by atoms with Gasteiger partial charge in [0, 0.05) is 12.7 Å². The highest BCUT2D eigenvalue weighted by Gasteiger charge is 2.12. The Morgan fingerprint density at radius 2 is 1.89 bits per heavy atom. The van der Waals surface area contributed by atoms with Gasteiger partial charge in [-0.05, 0) is 37.3 Å². The second kappa shape index (κ2) is 4.93. The molecule has 19 heavy (non-hydrogen) atoms. The lowest BCUT2D eigenvalue weighted by molar-refractivity contribution is 0.0696. The van der Waals surface area contributed by atoms with Crippen LogP contribution >= 0.6 is 0 Å². The molecule has 6 nitrogen and oxygen atoms in total. The van der Waals surface area contributed by atoms with Crippen LogP contribution < -0.4 is 5.32 Å². The first-order chi connectivity index (χ1) is 8.97. The highest BCUT2D eigenvalue weighted by molar-refractivity contribution is 6.03. The molecule has 0 fully saturated rings. The number of benzene rings is 1. The van der Waals surface area contributed by atoms with Gasteiger partial charge in [0.05, 0.1) is 11.3 Å². The van der Waals surface area contributed by atoms with Crippen molar-refractivity contribution in [1.29, 1.82) is 0 Å². The van der Waals surface area contributed by atoms with Crippen molar-refractivity contribution in [2.24, 2.45) is 7.05 Å². The van der Waals surface area contributed by atoms with Crippen molar-refractivity contribution < 1.29 is 14.7 Å². The van der Waals surface area contributed by atoms with Gasteiger partial charge in [-0.2, -0.15) is 5.10 Å². The number of aromatic carboxylic acids is 1. The van der Waals surface area contributed by atoms with E-state index in [2.05, 4.69) is 10.4 Å². The lowest BCUT2D eigenvalue weighted by atomic mass is 10.2. The molecule has 1 amide bonds. The highest BCUT2D eigenvalue weighted by Crippen LogP contribution is 2.11. The van der Waals surface area contributed by atoms with E-state index in [1.807, 2.05) is 0 Å². The third kappa shape index (κ3) is 2.79. The van der Waals surface area contributed by atoms with Gasteiger partial charge in [0.1, 0.15) is 5.69 Å². The van der Waals surface area contributed by atoms with Crippen molar-refractivity contribution in [2.75, 3.05) is 5.32 Å². The number of hydrogen-bond acceptors (Lipinski definition) is 3. The Bertz CT molecular complexity index is 629. The van der Waals surface area contributed by atoms with Gasteiger partial charge >= 0.3 is 5.97 Å². The summed E-state index contributed by atoms with van der Waals surface area (Å²) in [5.41, 5.74) is 1.91.